The second-order valence-electron chi connectivity index (χ2n) is 8.08. The number of thioether (sulfide) groups is 1. The van der Waals surface area contributed by atoms with Crippen molar-refractivity contribution in [1.82, 2.24) is 19.8 Å². The Bertz CT molecular complexity index is 1280. The van der Waals surface area contributed by atoms with Crippen LogP contribution in [0.25, 0.3) is 16.6 Å². The number of nitrogens with zero attached hydrogens (tertiary/aromatic N) is 3. The minimum Gasteiger partial charge on any atom is -0.336 e. The molecule has 1 fully saturated rings. The number of hydrogen-bond acceptors (Lipinski definition) is 5. The highest BCUT2D eigenvalue weighted by Gasteiger charge is 2.31. The average Bonchev–Trinajstić information content (AvgIpc) is 3.24. The van der Waals surface area contributed by atoms with E-state index in [4.69, 9.17) is 16.6 Å². The van der Waals surface area contributed by atoms with E-state index in [2.05, 4.69) is 19.2 Å². The fourth-order valence-corrected chi connectivity index (χ4v) is 4.90. The summed E-state index contributed by atoms with van der Waals surface area (Å²) in [5.41, 5.74) is 2.07. The van der Waals surface area contributed by atoms with Crippen molar-refractivity contribution >= 4 is 46.2 Å². The molecule has 4 rings (SSSR count). The molecule has 0 spiro atoms. The zero-order valence-electron chi connectivity index (χ0n) is 18.7. The third-order valence-corrected chi connectivity index (χ3v) is 7.16. The van der Waals surface area contributed by atoms with Crippen molar-refractivity contribution < 1.29 is 9.59 Å². The number of aromatic nitrogens is 2. The van der Waals surface area contributed by atoms with Crippen LogP contribution in [-0.4, -0.2) is 44.7 Å². The predicted octanol–water partition coefficient (Wildman–Crippen LogP) is 4.59. The molecule has 2 heterocycles. The Morgan fingerprint density at radius 3 is 2.55 bits per heavy atom. The predicted molar refractivity (Wildman–Crippen MR) is 131 cm³/mol. The monoisotopic (exact) mass is 484 g/mol. The highest BCUT2D eigenvalue weighted by Crippen LogP contribution is 2.28. The zero-order valence-corrected chi connectivity index (χ0v) is 20.2. The molecule has 1 N–H and O–H groups in total. The minimum atomic E-state index is -0.615. The number of rotatable bonds is 6. The van der Waals surface area contributed by atoms with Gasteiger partial charge in [-0.15, -0.1) is 0 Å². The Hall–Kier alpha value is -2.84. The maximum atomic E-state index is 13.5. The molecule has 2 atom stereocenters. The van der Waals surface area contributed by atoms with Gasteiger partial charge in [-0.1, -0.05) is 49.3 Å². The first-order valence-corrected chi connectivity index (χ1v) is 12.1. The molecule has 1 aromatic heterocycles. The standard InChI is InChI=1S/C24H25ClN4O3S/c1-4-14(2)16-5-8-18(9-6-16)29-22(31)19-13-17(25)7-10-20(19)27-24(29)33-15(3)21(30)28-12-11-26-23(28)32/h5-10,13-15H,4,11-12H2,1-3H3,(H,26,32). The average molecular weight is 485 g/mol. The SMILES string of the molecule is CCC(C)c1ccc(-n2c(SC(C)C(=O)N3CCNC3=O)nc3ccc(Cl)cc3c2=O)cc1. The first-order chi connectivity index (χ1) is 15.8. The van der Waals surface area contributed by atoms with E-state index in [9.17, 15) is 14.4 Å². The van der Waals surface area contributed by atoms with Gasteiger partial charge in [0.2, 0.25) is 5.91 Å². The van der Waals surface area contributed by atoms with Gasteiger partial charge in [0.25, 0.3) is 5.56 Å². The molecule has 3 amide bonds. The molecule has 2 unspecified atom stereocenters. The van der Waals surface area contributed by atoms with Crippen LogP contribution >= 0.6 is 23.4 Å². The summed E-state index contributed by atoms with van der Waals surface area (Å²) in [6.45, 7) is 6.77. The zero-order chi connectivity index (χ0) is 23.7. The molecule has 172 valence electrons. The quantitative estimate of drug-likeness (QED) is 0.408. The fourth-order valence-electron chi connectivity index (χ4n) is 3.74. The van der Waals surface area contributed by atoms with E-state index in [-0.39, 0.29) is 11.5 Å². The lowest BCUT2D eigenvalue weighted by Gasteiger charge is -2.19. The molecule has 0 radical (unpaired) electrons. The minimum absolute atomic E-state index is 0.264. The van der Waals surface area contributed by atoms with Crippen LogP contribution < -0.4 is 10.9 Å². The van der Waals surface area contributed by atoms with Crippen molar-refractivity contribution in [2.75, 3.05) is 13.1 Å². The van der Waals surface area contributed by atoms with Gasteiger partial charge in [-0.3, -0.25) is 19.1 Å². The van der Waals surface area contributed by atoms with Gasteiger partial charge < -0.3 is 5.32 Å². The van der Waals surface area contributed by atoms with E-state index in [1.807, 2.05) is 24.3 Å². The molecule has 1 aliphatic rings. The van der Waals surface area contributed by atoms with Crippen molar-refractivity contribution in [3.8, 4) is 5.69 Å². The van der Waals surface area contributed by atoms with E-state index in [1.165, 1.54) is 15.0 Å². The van der Waals surface area contributed by atoms with Crippen LogP contribution in [0.2, 0.25) is 5.02 Å². The molecule has 0 bridgehead atoms. The van der Waals surface area contributed by atoms with E-state index in [0.717, 1.165) is 18.2 Å². The van der Waals surface area contributed by atoms with Crippen molar-refractivity contribution in [1.29, 1.82) is 0 Å². The number of fused-ring (bicyclic) bond motifs is 1. The third kappa shape index (κ3) is 4.63. The van der Waals surface area contributed by atoms with Gasteiger partial charge in [-0.2, -0.15) is 0 Å². The topological polar surface area (TPSA) is 84.3 Å². The highest BCUT2D eigenvalue weighted by atomic mass is 35.5. The summed E-state index contributed by atoms with van der Waals surface area (Å²) in [4.78, 5) is 44.2. The number of nitrogens with one attached hydrogen (secondary N) is 1. The number of halogens is 1. The Kier molecular flexibility index (Phi) is 6.76. The normalized spacial score (nSPS) is 15.5. The summed E-state index contributed by atoms with van der Waals surface area (Å²) in [5.74, 6) is 0.0847. The number of benzene rings is 2. The Balaban J connectivity index is 1.79. The molecule has 7 nitrogen and oxygen atoms in total. The summed E-state index contributed by atoms with van der Waals surface area (Å²) >= 11 is 7.30. The van der Waals surface area contributed by atoms with Crippen molar-refractivity contribution in [3.05, 3.63) is 63.4 Å². The van der Waals surface area contributed by atoms with Gasteiger partial charge in [0.05, 0.1) is 21.8 Å². The van der Waals surface area contributed by atoms with Crippen LogP contribution in [0.3, 0.4) is 0 Å². The maximum Gasteiger partial charge on any atom is 0.324 e. The molecule has 9 heteroatoms. The number of urea groups is 1. The number of carbonyl (C=O) groups is 2. The van der Waals surface area contributed by atoms with Crippen LogP contribution in [0.5, 0.6) is 0 Å². The lowest BCUT2D eigenvalue weighted by Crippen LogP contribution is -2.39. The summed E-state index contributed by atoms with van der Waals surface area (Å²) in [7, 11) is 0. The Morgan fingerprint density at radius 2 is 1.91 bits per heavy atom. The largest absolute Gasteiger partial charge is 0.336 e. The van der Waals surface area contributed by atoms with Gasteiger partial charge in [-0.05, 0) is 55.2 Å². The van der Waals surface area contributed by atoms with Gasteiger partial charge in [0, 0.05) is 18.1 Å². The molecule has 0 aliphatic carbocycles. The molecule has 2 aromatic carbocycles. The summed E-state index contributed by atoms with van der Waals surface area (Å²) < 4.78 is 1.51. The van der Waals surface area contributed by atoms with E-state index in [1.54, 1.807) is 25.1 Å². The van der Waals surface area contributed by atoms with Crippen LogP contribution in [0.15, 0.2) is 52.4 Å². The van der Waals surface area contributed by atoms with Crippen molar-refractivity contribution in [2.24, 2.45) is 0 Å². The summed E-state index contributed by atoms with van der Waals surface area (Å²) in [5, 5.41) is 3.25. The second-order valence-corrected chi connectivity index (χ2v) is 9.82. The fraction of sp³-hybridized carbons (Fsp3) is 0.333. The Labute approximate surface area is 201 Å². The van der Waals surface area contributed by atoms with Crippen LogP contribution in [-0.2, 0) is 4.79 Å². The van der Waals surface area contributed by atoms with Crippen molar-refractivity contribution in [3.63, 3.8) is 0 Å². The lowest BCUT2D eigenvalue weighted by molar-refractivity contribution is -0.126. The van der Waals surface area contributed by atoms with Crippen molar-refractivity contribution in [2.45, 2.75) is 43.5 Å². The van der Waals surface area contributed by atoms with Gasteiger partial charge in [0.1, 0.15) is 0 Å². The third-order valence-electron chi connectivity index (χ3n) is 5.88. The summed E-state index contributed by atoms with van der Waals surface area (Å²) in [6, 6.07) is 12.4. The second kappa shape index (κ2) is 9.57. The van der Waals surface area contributed by atoms with Crippen LogP contribution in [0.1, 0.15) is 38.7 Å². The van der Waals surface area contributed by atoms with Crippen LogP contribution in [0.4, 0.5) is 4.79 Å². The maximum absolute atomic E-state index is 13.5. The molecular weight excluding hydrogens is 460 g/mol. The molecule has 0 saturated carbocycles. The number of carbonyl (C=O) groups excluding carboxylic acids is 2. The Morgan fingerprint density at radius 1 is 1.18 bits per heavy atom. The lowest BCUT2D eigenvalue weighted by atomic mass is 9.98. The number of imide groups is 1. The first kappa shape index (κ1) is 23.3. The molecule has 1 saturated heterocycles. The smallest absolute Gasteiger partial charge is 0.324 e. The number of hydrogen-bond donors (Lipinski definition) is 1. The highest BCUT2D eigenvalue weighted by molar-refractivity contribution is 8.00. The van der Waals surface area contributed by atoms with E-state index in [0.29, 0.717) is 45.8 Å². The number of amides is 3. The van der Waals surface area contributed by atoms with E-state index >= 15 is 0 Å². The van der Waals surface area contributed by atoms with Gasteiger partial charge in [-0.25, -0.2) is 9.78 Å². The molecule has 3 aromatic rings. The molecular formula is C24H25ClN4O3S. The molecule has 33 heavy (non-hydrogen) atoms. The first-order valence-electron chi connectivity index (χ1n) is 10.9. The van der Waals surface area contributed by atoms with Crippen LogP contribution in [0, 0.1) is 0 Å². The van der Waals surface area contributed by atoms with E-state index < -0.39 is 11.3 Å². The van der Waals surface area contributed by atoms with Gasteiger partial charge >= 0.3 is 6.03 Å². The van der Waals surface area contributed by atoms with Gasteiger partial charge in [0.15, 0.2) is 5.16 Å². The molecule has 1 aliphatic heterocycles. The summed E-state index contributed by atoms with van der Waals surface area (Å²) in [6.07, 6.45) is 1.01.